The van der Waals surface area contributed by atoms with E-state index < -0.39 is 16.2 Å². The van der Waals surface area contributed by atoms with Gasteiger partial charge >= 0.3 is 5.97 Å². The van der Waals surface area contributed by atoms with Crippen LogP contribution in [0, 0.1) is 5.92 Å². The maximum Gasteiger partial charge on any atom is 0.310 e. The topological polar surface area (TPSA) is 46.5 Å². The Morgan fingerprint density at radius 2 is 2.00 bits per heavy atom. The standard InChI is InChI=1S/C12H12Cl2O3/c1-2-17-8-5-3-7(4-6-8)9-10(11(15)16)12(9,13)14/h3-6,9-10H,2H2,1H3,(H,15,16)/t9-,10+/m1/s1. The van der Waals surface area contributed by atoms with Crippen molar-refractivity contribution in [2.45, 2.75) is 17.2 Å². The summed E-state index contributed by atoms with van der Waals surface area (Å²) in [5.74, 6) is -1.30. The maximum atomic E-state index is 10.9. The molecule has 0 radical (unpaired) electrons. The van der Waals surface area contributed by atoms with Crippen molar-refractivity contribution in [1.82, 2.24) is 0 Å². The molecule has 3 nitrogen and oxygen atoms in total. The first-order valence-corrected chi connectivity index (χ1v) is 6.07. The molecule has 0 aromatic heterocycles. The molecule has 0 aliphatic heterocycles. The van der Waals surface area contributed by atoms with E-state index in [4.69, 9.17) is 33.0 Å². The molecule has 5 heteroatoms. The van der Waals surface area contributed by atoms with Crippen LogP contribution in [0.5, 0.6) is 5.75 Å². The second-order valence-electron chi connectivity index (χ2n) is 3.97. The lowest BCUT2D eigenvalue weighted by Crippen LogP contribution is -2.03. The van der Waals surface area contributed by atoms with E-state index in [1.165, 1.54) is 0 Å². The number of hydrogen-bond acceptors (Lipinski definition) is 2. The molecule has 0 spiro atoms. The minimum atomic E-state index is -1.20. The van der Waals surface area contributed by atoms with Crippen LogP contribution in [-0.4, -0.2) is 22.0 Å². The summed E-state index contributed by atoms with van der Waals surface area (Å²) in [7, 11) is 0. The molecule has 1 N–H and O–H groups in total. The molecular formula is C12H12Cl2O3. The highest BCUT2D eigenvalue weighted by molar-refractivity contribution is 6.53. The van der Waals surface area contributed by atoms with Crippen LogP contribution in [0.1, 0.15) is 18.4 Å². The number of carboxylic acid groups (broad SMARTS) is 1. The van der Waals surface area contributed by atoms with E-state index in [1.54, 1.807) is 24.3 Å². The Bertz CT molecular complexity index is 428. The van der Waals surface area contributed by atoms with E-state index in [1.807, 2.05) is 6.92 Å². The highest BCUT2D eigenvalue weighted by Gasteiger charge is 2.68. The number of ether oxygens (including phenoxy) is 1. The van der Waals surface area contributed by atoms with Crippen molar-refractivity contribution >= 4 is 29.2 Å². The van der Waals surface area contributed by atoms with Crippen LogP contribution in [0.3, 0.4) is 0 Å². The molecule has 1 aliphatic rings. The van der Waals surface area contributed by atoms with E-state index in [9.17, 15) is 4.79 Å². The zero-order chi connectivity index (χ0) is 12.6. The number of carboxylic acids is 1. The molecule has 0 bridgehead atoms. The number of alkyl halides is 2. The highest BCUT2D eigenvalue weighted by atomic mass is 35.5. The SMILES string of the molecule is CCOc1ccc([C@@H]2[C@@H](C(=O)O)C2(Cl)Cl)cc1. The summed E-state index contributed by atoms with van der Waals surface area (Å²) in [4.78, 5) is 10.9. The summed E-state index contributed by atoms with van der Waals surface area (Å²) in [6, 6.07) is 7.19. The Labute approximate surface area is 109 Å². The zero-order valence-corrected chi connectivity index (χ0v) is 10.7. The van der Waals surface area contributed by atoms with Gasteiger partial charge in [0.25, 0.3) is 0 Å². The Morgan fingerprint density at radius 3 is 2.41 bits per heavy atom. The number of hydrogen-bond donors (Lipinski definition) is 1. The Kier molecular flexibility index (Phi) is 3.23. The van der Waals surface area contributed by atoms with E-state index in [0.717, 1.165) is 11.3 Å². The minimum Gasteiger partial charge on any atom is -0.494 e. The maximum absolute atomic E-state index is 10.9. The van der Waals surface area contributed by atoms with Crippen molar-refractivity contribution < 1.29 is 14.6 Å². The van der Waals surface area contributed by atoms with Crippen LogP contribution < -0.4 is 4.74 Å². The van der Waals surface area contributed by atoms with Crippen molar-refractivity contribution in [3.05, 3.63) is 29.8 Å². The molecule has 0 heterocycles. The van der Waals surface area contributed by atoms with Gasteiger partial charge in [0.2, 0.25) is 0 Å². The van der Waals surface area contributed by atoms with Gasteiger partial charge in [0.15, 0.2) is 0 Å². The summed E-state index contributed by atoms with van der Waals surface area (Å²) >= 11 is 11.9. The summed E-state index contributed by atoms with van der Waals surface area (Å²) < 4.78 is 4.11. The van der Waals surface area contributed by atoms with E-state index in [-0.39, 0.29) is 5.92 Å². The van der Waals surface area contributed by atoms with Crippen molar-refractivity contribution in [3.63, 3.8) is 0 Å². The summed E-state index contributed by atoms with van der Waals surface area (Å²) in [5.41, 5.74) is 0.825. The van der Waals surface area contributed by atoms with E-state index >= 15 is 0 Å². The fourth-order valence-corrected chi connectivity index (χ4v) is 2.80. The van der Waals surface area contributed by atoms with Gasteiger partial charge < -0.3 is 9.84 Å². The highest BCUT2D eigenvalue weighted by Crippen LogP contribution is 2.65. The average Bonchev–Trinajstić information content (AvgIpc) is 2.83. The molecule has 1 saturated carbocycles. The van der Waals surface area contributed by atoms with Crippen LogP contribution in [0.15, 0.2) is 24.3 Å². The lowest BCUT2D eigenvalue weighted by molar-refractivity contribution is -0.138. The second kappa shape index (κ2) is 4.39. The lowest BCUT2D eigenvalue weighted by atomic mass is 10.1. The smallest absolute Gasteiger partial charge is 0.310 e. The fourth-order valence-electron chi connectivity index (χ4n) is 1.99. The summed E-state index contributed by atoms with van der Waals surface area (Å²) in [6.45, 7) is 2.49. The molecule has 1 aliphatic carbocycles. The van der Waals surface area contributed by atoms with Gasteiger partial charge in [0, 0.05) is 5.92 Å². The molecular weight excluding hydrogens is 263 g/mol. The summed E-state index contributed by atoms with van der Waals surface area (Å²) in [5, 5.41) is 8.97. The Balaban J connectivity index is 2.17. The van der Waals surface area contributed by atoms with Gasteiger partial charge in [-0.15, -0.1) is 0 Å². The quantitative estimate of drug-likeness (QED) is 0.859. The molecule has 2 atom stereocenters. The predicted octanol–water partition coefficient (Wildman–Crippen LogP) is 3.06. The first kappa shape index (κ1) is 12.5. The van der Waals surface area contributed by atoms with E-state index in [0.29, 0.717) is 6.61 Å². The summed E-state index contributed by atoms with van der Waals surface area (Å²) in [6.07, 6.45) is 0. The minimum absolute atomic E-state index is 0.348. The normalized spacial score (nSPS) is 25.4. The van der Waals surface area contributed by atoms with Crippen LogP contribution in [0.4, 0.5) is 0 Å². The molecule has 2 rings (SSSR count). The third-order valence-electron chi connectivity index (χ3n) is 2.87. The molecule has 1 aromatic rings. The molecule has 17 heavy (non-hydrogen) atoms. The number of rotatable bonds is 4. The molecule has 92 valence electrons. The predicted molar refractivity (Wildman–Crippen MR) is 65.9 cm³/mol. The lowest BCUT2D eigenvalue weighted by Gasteiger charge is -2.04. The van der Waals surface area contributed by atoms with Crippen LogP contribution in [0.25, 0.3) is 0 Å². The van der Waals surface area contributed by atoms with Gasteiger partial charge in [0.1, 0.15) is 10.1 Å². The Hall–Kier alpha value is -0.930. The fraction of sp³-hybridized carbons (Fsp3) is 0.417. The van der Waals surface area contributed by atoms with Crippen molar-refractivity contribution in [2.75, 3.05) is 6.61 Å². The third-order valence-corrected chi connectivity index (χ3v) is 3.81. The van der Waals surface area contributed by atoms with Gasteiger partial charge in [-0.1, -0.05) is 35.3 Å². The number of aliphatic carboxylic acids is 1. The van der Waals surface area contributed by atoms with Crippen molar-refractivity contribution in [1.29, 1.82) is 0 Å². The number of halogens is 2. The van der Waals surface area contributed by atoms with Crippen LogP contribution >= 0.6 is 23.2 Å². The van der Waals surface area contributed by atoms with E-state index in [2.05, 4.69) is 0 Å². The number of benzene rings is 1. The second-order valence-corrected chi connectivity index (χ2v) is 5.41. The van der Waals surface area contributed by atoms with Gasteiger partial charge in [-0.2, -0.15) is 0 Å². The largest absolute Gasteiger partial charge is 0.494 e. The zero-order valence-electron chi connectivity index (χ0n) is 9.19. The first-order valence-electron chi connectivity index (χ1n) is 5.32. The van der Waals surface area contributed by atoms with Crippen LogP contribution in [0.2, 0.25) is 0 Å². The average molecular weight is 275 g/mol. The molecule has 0 amide bonds. The van der Waals surface area contributed by atoms with Gasteiger partial charge in [0.05, 0.1) is 12.5 Å². The van der Waals surface area contributed by atoms with Gasteiger partial charge in [-0.25, -0.2) is 0 Å². The first-order chi connectivity index (χ1) is 7.98. The third kappa shape index (κ3) is 2.22. The molecule has 0 saturated heterocycles. The van der Waals surface area contributed by atoms with Crippen molar-refractivity contribution in [2.24, 2.45) is 5.92 Å². The molecule has 1 aromatic carbocycles. The molecule has 1 fully saturated rings. The van der Waals surface area contributed by atoms with Crippen molar-refractivity contribution in [3.8, 4) is 5.75 Å². The van der Waals surface area contributed by atoms with Gasteiger partial charge in [-0.3, -0.25) is 4.79 Å². The monoisotopic (exact) mass is 274 g/mol. The molecule has 0 unspecified atom stereocenters. The number of carbonyl (C=O) groups is 1. The van der Waals surface area contributed by atoms with Crippen LogP contribution in [-0.2, 0) is 4.79 Å². The Morgan fingerprint density at radius 1 is 1.41 bits per heavy atom. The van der Waals surface area contributed by atoms with Gasteiger partial charge in [-0.05, 0) is 24.6 Å².